The highest BCUT2D eigenvalue weighted by Crippen LogP contribution is 2.34. The SMILES string of the molecule is CN1CCC(CCNC(=O)[C@@H]2CN(S(C)(=O)=O)c3ccccc3O2)CC1. The molecule has 1 aromatic rings. The molecule has 1 N–H and O–H groups in total. The monoisotopic (exact) mass is 381 g/mol. The van der Waals surface area contributed by atoms with Crippen LogP contribution in [0.2, 0.25) is 0 Å². The lowest BCUT2D eigenvalue weighted by atomic mass is 9.94. The molecule has 0 aliphatic carbocycles. The van der Waals surface area contributed by atoms with Crippen molar-refractivity contribution in [1.29, 1.82) is 0 Å². The predicted octanol–water partition coefficient (Wildman–Crippen LogP) is 1.06. The van der Waals surface area contributed by atoms with Gasteiger partial charge >= 0.3 is 0 Å². The van der Waals surface area contributed by atoms with Crippen LogP contribution < -0.4 is 14.4 Å². The summed E-state index contributed by atoms with van der Waals surface area (Å²) in [4.78, 5) is 14.8. The second kappa shape index (κ2) is 7.84. The Balaban J connectivity index is 1.58. The molecule has 0 radical (unpaired) electrons. The number of hydrogen-bond donors (Lipinski definition) is 1. The molecule has 8 heteroatoms. The minimum absolute atomic E-state index is 0.00406. The highest BCUT2D eigenvalue weighted by molar-refractivity contribution is 7.92. The van der Waals surface area contributed by atoms with Crippen molar-refractivity contribution >= 4 is 21.6 Å². The Labute approximate surface area is 155 Å². The Morgan fingerprint density at radius 3 is 2.65 bits per heavy atom. The number of rotatable bonds is 5. The molecule has 26 heavy (non-hydrogen) atoms. The molecule has 1 aromatic carbocycles. The van der Waals surface area contributed by atoms with Crippen LogP contribution in [-0.2, 0) is 14.8 Å². The first-order valence-corrected chi connectivity index (χ1v) is 10.9. The van der Waals surface area contributed by atoms with Gasteiger partial charge in [0, 0.05) is 6.54 Å². The number of nitrogens with one attached hydrogen (secondary N) is 1. The smallest absolute Gasteiger partial charge is 0.263 e. The van der Waals surface area contributed by atoms with E-state index in [4.69, 9.17) is 4.74 Å². The fourth-order valence-electron chi connectivity index (χ4n) is 3.52. The zero-order valence-corrected chi connectivity index (χ0v) is 16.2. The van der Waals surface area contributed by atoms with Crippen molar-refractivity contribution in [1.82, 2.24) is 10.2 Å². The third-order valence-electron chi connectivity index (χ3n) is 5.12. The van der Waals surface area contributed by atoms with Gasteiger partial charge in [0.1, 0.15) is 5.75 Å². The van der Waals surface area contributed by atoms with E-state index < -0.39 is 16.1 Å². The summed E-state index contributed by atoms with van der Waals surface area (Å²) in [6, 6.07) is 6.89. The molecule has 0 unspecified atom stereocenters. The fraction of sp³-hybridized carbons (Fsp3) is 0.611. The lowest BCUT2D eigenvalue weighted by molar-refractivity contribution is -0.127. The van der Waals surface area contributed by atoms with E-state index in [1.807, 2.05) is 0 Å². The summed E-state index contributed by atoms with van der Waals surface area (Å²) in [5.74, 6) is 0.785. The van der Waals surface area contributed by atoms with Crippen molar-refractivity contribution in [2.24, 2.45) is 5.92 Å². The van der Waals surface area contributed by atoms with Crippen LogP contribution in [0.1, 0.15) is 19.3 Å². The molecule has 2 heterocycles. The van der Waals surface area contributed by atoms with Gasteiger partial charge in [0.25, 0.3) is 5.91 Å². The van der Waals surface area contributed by atoms with Gasteiger partial charge in [-0.25, -0.2) is 8.42 Å². The molecule has 3 rings (SSSR count). The number of hydrogen-bond acceptors (Lipinski definition) is 5. The molecule has 0 aromatic heterocycles. The van der Waals surface area contributed by atoms with Crippen LogP contribution in [-0.4, -0.2) is 64.8 Å². The molecule has 1 saturated heterocycles. The molecule has 1 atom stereocenters. The summed E-state index contributed by atoms with van der Waals surface area (Å²) in [6.07, 6.45) is 3.56. The summed E-state index contributed by atoms with van der Waals surface area (Å²) >= 11 is 0. The maximum absolute atomic E-state index is 12.5. The van der Waals surface area contributed by atoms with Crippen molar-refractivity contribution in [3.05, 3.63) is 24.3 Å². The number of nitrogens with zero attached hydrogens (tertiary/aromatic N) is 2. The van der Waals surface area contributed by atoms with Gasteiger partial charge in [0.05, 0.1) is 18.5 Å². The lowest BCUT2D eigenvalue weighted by Crippen LogP contribution is -2.50. The van der Waals surface area contributed by atoms with E-state index in [2.05, 4.69) is 17.3 Å². The summed E-state index contributed by atoms with van der Waals surface area (Å²) < 4.78 is 31.2. The minimum Gasteiger partial charge on any atom is -0.476 e. The molecule has 0 bridgehead atoms. The zero-order valence-electron chi connectivity index (χ0n) is 15.3. The van der Waals surface area contributed by atoms with Crippen LogP contribution in [0.25, 0.3) is 0 Å². The molecule has 2 aliphatic rings. The number of carbonyl (C=O) groups excluding carboxylic acids is 1. The van der Waals surface area contributed by atoms with Gasteiger partial charge in [0.15, 0.2) is 6.10 Å². The number of ether oxygens (including phenoxy) is 1. The second-order valence-corrected chi connectivity index (χ2v) is 9.10. The van der Waals surface area contributed by atoms with E-state index in [1.165, 1.54) is 4.31 Å². The minimum atomic E-state index is -3.48. The van der Waals surface area contributed by atoms with Crippen LogP contribution >= 0.6 is 0 Å². The largest absolute Gasteiger partial charge is 0.476 e. The Bertz CT molecular complexity index is 745. The van der Waals surface area contributed by atoms with Gasteiger partial charge in [-0.1, -0.05) is 12.1 Å². The van der Waals surface area contributed by atoms with Gasteiger partial charge in [0.2, 0.25) is 10.0 Å². The topological polar surface area (TPSA) is 79.0 Å². The van der Waals surface area contributed by atoms with Crippen LogP contribution in [0, 0.1) is 5.92 Å². The number of carbonyl (C=O) groups is 1. The van der Waals surface area contributed by atoms with Crippen LogP contribution in [0.4, 0.5) is 5.69 Å². The van der Waals surface area contributed by atoms with E-state index >= 15 is 0 Å². The van der Waals surface area contributed by atoms with Crippen LogP contribution in [0.5, 0.6) is 5.75 Å². The number of piperidine rings is 1. The normalized spacial score (nSPS) is 21.8. The van der Waals surface area contributed by atoms with E-state index in [9.17, 15) is 13.2 Å². The number of para-hydroxylation sites is 2. The Kier molecular flexibility index (Phi) is 5.72. The third kappa shape index (κ3) is 4.48. The standard InChI is InChI=1S/C18H27N3O4S/c1-20-11-8-14(9-12-20)7-10-19-18(22)17-13-21(26(2,23)24)15-5-3-4-6-16(15)25-17/h3-6,14,17H,7-13H2,1-2H3,(H,19,22)/t17-/m0/s1. The summed E-state index contributed by atoms with van der Waals surface area (Å²) in [6.45, 7) is 2.79. The molecular weight excluding hydrogens is 354 g/mol. The first-order chi connectivity index (χ1) is 12.3. The van der Waals surface area contributed by atoms with E-state index in [1.54, 1.807) is 24.3 Å². The molecule has 0 spiro atoms. The Morgan fingerprint density at radius 1 is 1.27 bits per heavy atom. The lowest BCUT2D eigenvalue weighted by Gasteiger charge is -2.34. The molecule has 1 amide bonds. The van der Waals surface area contributed by atoms with Gasteiger partial charge in [-0.2, -0.15) is 0 Å². The Morgan fingerprint density at radius 2 is 1.96 bits per heavy atom. The van der Waals surface area contributed by atoms with Crippen molar-refractivity contribution < 1.29 is 17.9 Å². The van der Waals surface area contributed by atoms with Gasteiger partial charge in [-0.05, 0) is 57.5 Å². The maximum atomic E-state index is 12.5. The average molecular weight is 381 g/mol. The average Bonchev–Trinajstić information content (AvgIpc) is 2.61. The predicted molar refractivity (Wildman–Crippen MR) is 101 cm³/mol. The number of sulfonamides is 1. The summed E-state index contributed by atoms with van der Waals surface area (Å²) in [7, 11) is -1.35. The van der Waals surface area contributed by atoms with E-state index in [0.717, 1.165) is 38.6 Å². The first kappa shape index (κ1) is 19.0. The highest BCUT2D eigenvalue weighted by atomic mass is 32.2. The number of benzene rings is 1. The zero-order chi connectivity index (χ0) is 18.7. The molecule has 2 aliphatic heterocycles. The van der Waals surface area contributed by atoms with Crippen molar-refractivity contribution in [3.8, 4) is 5.75 Å². The molecule has 7 nitrogen and oxygen atoms in total. The third-order valence-corrected chi connectivity index (χ3v) is 6.26. The van der Waals surface area contributed by atoms with Gasteiger partial charge in [-0.3, -0.25) is 9.10 Å². The molecule has 0 saturated carbocycles. The van der Waals surface area contributed by atoms with Gasteiger partial charge in [-0.15, -0.1) is 0 Å². The van der Waals surface area contributed by atoms with E-state index in [0.29, 0.717) is 23.9 Å². The second-order valence-electron chi connectivity index (χ2n) is 7.19. The molecule has 1 fully saturated rings. The molecular formula is C18H27N3O4S. The molecule has 144 valence electrons. The first-order valence-electron chi connectivity index (χ1n) is 9.04. The van der Waals surface area contributed by atoms with Crippen molar-refractivity contribution in [2.75, 3.05) is 43.8 Å². The van der Waals surface area contributed by atoms with Crippen molar-refractivity contribution in [2.45, 2.75) is 25.4 Å². The quantitative estimate of drug-likeness (QED) is 0.825. The number of fused-ring (bicyclic) bond motifs is 1. The van der Waals surface area contributed by atoms with Crippen LogP contribution in [0.3, 0.4) is 0 Å². The maximum Gasteiger partial charge on any atom is 0.263 e. The van der Waals surface area contributed by atoms with Crippen LogP contribution in [0.15, 0.2) is 24.3 Å². The highest BCUT2D eigenvalue weighted by Gasteiger charge is 2.34. The van der Waals surface area contributed by atoms with Crippen molar-refractivity contribution in [3.63, 3.8) is 0 Å². The Hall–Kier alpha value is -1.80. The van der Waals surface area contributed by atoms with E-state index in [-0.39, 0.29) is 12.5 Å². The summed E-state index contributed by atoms with van der Waals surface area (Å²) in [5, 5.41) is 2.91. The van der Waals surface area contributed by atoms with Gasteiger partial charge < -0.3 is 15.0 Å². The summed E-state index contributed by atoms with van der Waals surface area (Å²) in [5.41, 5.74) is 0.477. The number of amides is 1. The number of anilines is 1. The fourth-order valence-corrected chi connectivity index (χ4v) is 4.43. The number of likely N-dealkylation sites (tertiary alicyclic amines) is 1.